The maximum absolute atomic E-state index is 8.46. The van der Waals surface area contributed by atoms with Crippen molar-refractivity contribution >= 4 is 0 Å². The molecular formula is C10H16N2. The Labute approximate surface area is 74.8 Å². The first-order chi connectivity index (χ1) is 5.85. The van der Waals surface area contributed by atoms with E-state index in [1.54, 1.807) is 0 Å². The van der Waals surface area contributed by atoms with Gasteiger partial charge in [0, 0.05) is 0 Å². The average Bonchev–Trinajstić information content (AvgIpc) is 2.11. The molecule has 0 atom stereocenters. The predicted molar refractivity (Wildman–Crippen MR) is 48.1 cm³/mol. The number of rotatable bonds is 6. The van der Waals surface area contributed by atoms with E-state index in [9.17, 15) is 0 Å². The van der Waals surface area contributed by atoms with Gasteiger partial charge in [0.25, 0.3) is 0 Å². The van der Waals surface area contributed by atoms with Crippen molar-refractivity contribution in [3.63, 3.8) is 0 Å². The zero-order chi connectivity index (χ0) is 9.23. The van der Waals surface area contributed by atoms with Gasteiger partial charge in [-0.2, -0.15) is 10.5 Å². The highest BCUT2D eigenvalue weighted by atomic mass is 14.3. The summed E-state index contributed by atoms with van der Waals surface area (Å²) in [7, 11) is 0. The Morgan fingerprint density at radius 3 is 2.08 bits per heavy atom. The van der Waals surface area contributed by atoms with Crippen molar-refractivity contribution in [2.45, 2.75) is 45.4 Å². The number of hydrogen-bond donors (Lipinski definition) is 0. The third kappa shape index (κ3) is 5.74. The fourth-order valence-corrected chi connectivity index (χ4v) is 1.11. The average molecular weight is 164 g/mol. The fourth-order valence-electron chi connectivity index (χ4n) is 1.11. The molecule has 0 spiro atoms. The van der Waals surface area contributed by atoms with Gasteiger partial charge in [-0.15, -0.1) is 0 Å². The molecule has 2 heteroatoms. The van der Waals surface area contributed by atoms with Crippen LogP contribution in [0, 0.1) is 28.6 Å². The quantitative estimate of drug-likeness (QED) is 0.566. The topological polar surface area (TPSA) is 47.6 Å². The molecule has 0 radical (unpaired) electrons. The van der Waals surface area contributed by atoms with Crippen molar-refractivity contribution in [2.24, 2.45) is 5.92 Å². The van der Waals surface area contributed by atoms with E-state index in [-0.39, 0.29) is 5.92 Å². The van der Waals surface area contributed by atoms with Gasteiger partial charge in [0.2, 0.25) is 0 Å². The Hall–Kier alpha value is -1.02. The third-order valence-corrected chi connectivity index (χ3v) is 1.91. The van der Waals surface area contributed by atoms with Crippen LogP contribution in [0.2, 0.25) is 0 Å². The highest BCUT2D eigenvalue weighted by molar-refractivity contribution is 4.98. The van der Waals surface area contributed by atoms with Crippen molar-refractivity contribution in [1.82, 2.24) is 0 Å². The summed E-state index contributed by atoms with van der Waals surface area (Å²) in [4.78, 5) is 0. The lowest BCUT2D eigenvalue weighted by atomic mass is 10.0. The molecule has 0 amide bonds. The monoisotopic (exact) mass is 164 g/mol. The molecule has 66 valence electrons. The molecule has 0 aliphatic carbocycles. The van der Waals surface area contributed by atoms with Crippen LogP contribution in [-0.4, -0.2) is 0 Å². The number of nitriles is 2. The third-order valence-electron chi connectivity index (χ3n) is 1.91. The van der Waals surface area contributed by atoms with Crippen molar-refractivity contribution < 1.29 is 0 Å². The van der Waals surface area contributed by atoms with E-state index in [4.69, 9.17) is 10.5 Å². The maximum atomic E-state index is 8.46. The molecule has 0 saturated heterocycles. The van der Waals surface area contributed by atoms with Gasteiger partial charge in [-0.1, -0.05) is 39.0 Å². The molecule has 0 fully saturated rings. The van der Waals surface area contributed by atoms with E-state index in [1.165, 1.54) is 19.3 Å². The standard InChI is InChI=1S/C10H16N2/c1-2-3-4-5-6-7-10(8-11)9-12/h10H,2-7H2,1H3. The molecule has 0 saturated carbocycles. The second-order valence-electron chi connectivity index (χ2n) is 3.01. The predicted octanol–water partition coefficient (Wildman–Crippen LogP) is 3.01. The van der Waals surface area contributed by atoms with Gasteiger partial charge < -0.3 is 0 Å². The Morgan fingerprint density at radius 2 is 1.58 bits per heavy atom. The highest BCUT2D eigenvalue weighted by Gasteiger charge is 2.03. The van der Waals surface area contributed by atoms with Crippen molar-refractivity contribution in [2.75, 3.05) is 0 Å². The van der Waals surface area contributed by atoms with Gasteiger partial charge in [-0.05, 0) is 6.42 Å². The van der Waals surface area contributed by atoms with Gasteiger partial charge in [0.05, 0.1) is 12.1 Å². The minimum absolute atomic E-state index is 0.383. The lowest BCUT2D eigenvalue weighted by Gasteiger charge is -1.99. The second kappa shape index (κ2) is 8.08. The second-order valence-corrected chi connectivity index (χ2v) is 3.01. The molecule has 0 aliphatic heterocycles. The first-order valence-corrected chi connectivity index (χ1v) is 4.64. The van der Waals surface area contributed by atoms with Crippen LogP contribution in [0.5, 0.6) is 0 Å². The van der Waals surface area contributed by atoms with Gasteiger partial charge >= 0.3 is 0 Å². The molecule has 0 bridgehead atoms. The van der Waals surface area contributed by atoms with Crippen LogP contribution in [0.1, 0.15) is 45.4 Å². The van der Waals surface area contributed by atoms with Crippen LogP contribution in [0.15, 0.2) is 0 Å². The van der Waals surface area contributed by atoms with E-state index >= 15 is 0 Å². The summed E-state index contributed by atoms with van der Waals surface area (Å²) in [5.41, 5.74) is 0. The lowest BCUT2D eigenvalue weighted by Crippen LogP contribution is -1.92. The molecule has 0 rings (SSSR count). The van der Waals surface area contributed by atoms with Crippen molar-refractivity contribution in [3.05, 3.63) is 0 Å². The molecule has 0 heterocycles. The zero-order valence-electron chi connectivity index (χ0n) is 7.71. The highest BCUT2D eigenvalue weighted by Crippen LogP contribution is 2.09. The summed E-state index contributed by atoms with van der Waals surface area (Å²) < 4.78 is 0. The van der Waals surface area contributed by atoms with Gasteiger partial charge in [0.15, 0.2) is 0 Å². The minimum atomic E-state index is -0.383. The van der Waals surface area contributed by atoms with Crippen LogP contribution < -0.4 is 0 Å². The molecule has 0 aromatic rings. The molecule has 0 aromatic heterocycles. The van der Waals surface area contributed by atoms with Crippen LogP contribution in [0.25, 0.3) is 0 Å². The summed E-state index contributed by atoms with van der Waals surface area (Å²) >= 11 is 0. The van der Waals surface area contributed by atoms with E-state index in [0.717, 1.165) is 19.3 Å². The summed E-state index contributed by atoms with van der Waals surface area (Å²) in [6, 6.07) is 3.96. The van der Waals surface area contributed by atoms with Crippen molar-refractivity contribution in [3.8, 4) is 12.1 Å². The minimum Gasteiger partial charge on any atom is -0.197 e. The largest absolute Gasteiger partial charge is 0.197 e. The maximum Gasteiger partial charge on any atom is 0.133 e. The van der Waals surface area contributed by atoms with Gasteiger partial charge in [-0.3, -0.25) is 0 Å². The molecule has 0 aliphatic rings. The molecule has 0 N–H and O–H groups in total. The van der Waals surface area contributed by atoms with Gasteiger partial charge in [0.1, 0.15) is 5.92 Å². The molecule has 0 aromatic carbocycles. The first kappa shape index (κ1) is 11.0. The zero-order valence-corrected chi connectivity index (χ0v) is 7.71. The van der Waals surface area contributed by atoms with E-state index in [0.29, 0.717) is 0 Å². The van der Waals surface area contributed by atoms with E-state index in [1.807, 2.05) is 12.1 Å². The van der Waals surface area contributed by atoms with Gasteiger partial charge in [-0.25, -0.2) is 0 Å². The fraction of sp³-hybridized carbons (Fsp3) is 0.800. The van der Waals surface area contributed by atoms with Crippen molar-refractivity contribution in [1.29, 1.82) is 10.5 Å². The number of hydrogen-bond acceptors (Lipinski definition) is 2. The first-order valence-electron chi connectivity index (χ1n) is 4.64. The van der Waals surface area contributed by atoms with Crippen LogP contribution >= 0.6 is 0 Å². The normalized spacial score (nSPS) is 9.33. The molecule has 12 heavy (non-hydrogen) atoms. The van der Waals surface area contributed by atoms with Crippen LogP contribution in [0.3, 0.4) is 0 Å². The van der Waals surface area contributed by atoms with E-state index < -0.39 is 0 Å². The Morgan fingerprint density at radius 1 is 1.00 bits per heavy atom. The summed E-state index contributed by atoms with van der Waals surface area (Å²) in [6.45, 7) is 2.17. The Balaban J connectivity index is 3.21. The number of unbranched alkanes of at least 4 members (excludes halogenated alkanes) is 4. The summed E-state index contributed by atoms with van der Waals surface area (Å²) in [6.07, 6.45) is 6.67. The number of nitrogens with zero attached hydrogens (tertiary/aromatic N) is 2. The Bertz CT molecular complexity index is 159. The smallest absolute Gasteiger partial charge is 0.133 e. The van der Waals surface area contributed by atoms with Crippen LogP contribution in [0.4, 0.5) is 0 Å². The molecule has 2 nitrogen and oxygen atoms in total. The Kier molecular flexibility index (Phi) is 7.39. The van der Waals surface area contributed by atoms with Crippen LogP contribution in [-0.2, 0) is 0 Å². The lowest BCUT2D eigenvalue weighted by molar-refractivity contribution is 0.583. The molecular weight excluding hydrogens is 148 g/mol. The summed E-state index contributed by atoms with van der Waals surface area (Å²) in [5.74, 6) is -0.383. The van der Waals surface area contributed by atoms with E-state index in [2.05, 4.69) is 6.92 Å². The SMILES string of the molecule is CCCCCCCC(C#N)C#N. The summed E-state index contributed by atoms with van der Waals surface area (Å²) in [5, 5.41) is 16.9. The molecule has 0 unspecified atom stereocenters.